The van der Waals surface area contributed by atoms with E-state index in [4.69, 9.17) is 19.9 Å². The summed E-state index contributed by atoms with van der Waals surface area (Å²) >= 11 is 0. The van der Waals surface area contributed by atoms with Crippen molar-refractivity contribution in [3.05, 3.63) is 24.3 Å². The van der Waals surface area contributed by atoms with Crippen LogP contribution in [0.25, 0.3) is 0 Å². The normalized spacial score (nSPS) is 19.3. The van der Waals surface area contributed by atoms with Crippen LogP contribution in [-0.4, -0.2) is 53.2 Å². The highest BCUT2D eigenvalue weighted by Gasteiger charge is 2.18. The van der Waals surface area contributed by atoms with Gasteiger partial charge in [0, 0.05) is 12.2 Å². The smallest absolute Gasteiger partial charge is 0.215 e. The number of anilines is 1. The average molecular weight is 316 g/mol. The first-order valence-corrected chi connectivity index (χ1v) is 8.35. The van der Waals surface area contributed by atoms with Crippen molar-refractivity contribution in [3.63, 3.8) is 0 Å². The molecule has 0 aromatic heterocycles. The number of hydrogen-bond donors (Lipinski definition) is 2. The Hall–Kier alpha value is -1.35. The van der Waals surface area contributed by atoms with Gasteiger partial charge in [-0.2, -0.15) is 0 Å². The van der Waals surface area contributed by atoms with Crippen molar-refractivity contribution in [1.82, 2.24) is 4.72 Å². The van der Waals surface area contributed by atoms with Crippen molar-refractivity contribution in [2.75, 3.05) is 44.5 Å². The molecular weight excluding hydrogens is 296 g/mol. The molecule has 118 valence electrons. The van der Waals surface area contributed by atoms with Gasteiger partial charge in [0.1, 0.15) is 12.4 Å². The second-order valence-electron chi connectivity index (χ2n) is 4.65. The molecule has 1 heterocycles. The number of nitrogens with one attached hydrogen (secondary N) is 1. The van der Waals surface area contributed by atoms with Crippen molar-refractivity contribution in [2.24, 2.45) is 0 Å². The van der Waals surface area contributed by atoms with E-state index in [0.29, 0.717) is 31.3 Å². The van der Waals surface area contributed by atoms with Gasteiger partial charge in [-0.05, 0) is 24.3 Å². The molecule has 8 heteroatoms. The third kappa shape index (κ3) is 5.88. The van der Waals surface area contributed by atoms with E-state index in [2.05, 4.69) is 4.72 Å². The Balaban J connectivity index is 1.69. The van der Waals surface area contributed by atoms with Crippen molar-refractivity contribution in [2.45, 2.75) is 6.10 Å². The summed E-state index contributed by atoms with van der Waals surface area (Å²) in [5.74, 6) is 0.466. The fourth-order valence-corrected chi connectivity index (χ4v) is 2.67. The summed E-state index contributed by atoms with van der Waals surface area (Å²) in [6.45, 7) is 1.74. The Morgan fingerprint density at radius 3 is 2.71 bits per heavy atom. The summed E-state index contributed by atoms with van der Waals surface area (Å²) in [7, 11) is -3.39. The first kappa shape index (κ1) is 16.0. The molecule has 2 rings (SSSR count). The molecule has 1 aliphatic rings. The van der Waals surface area contributed by atoms with Crippen LogP contribution in [0.4, 0.5) is 5.69 Å². The van der Waals surface area contributed by atoms with Crippen LogP contribution < -0.4 is 15.2 Å². The summed E-state index contributed by atoms with van der Waals surface area (Å²) in [5.41, 5.74) is 6.18. The lowest BCUT2D eigenvalue weighted by Gasteiger charge is -2.23. The fourth-order valence-electron chi connectivity index (χ4n) is 1.78. The van der Waals surface area contributed by atoms with Crippen molar-refractivity contribution < 1.29 is 22.6 Å². The third-order valence-electron chi connectivity index (χ3n) is 2.92. The molecule has 1 saturated heterocycles. The van der Waals surface area contributed by atoms with Gasteiger partial charge in [0.15, 0.2) is 0 Å². The van der Waals surface area contributed by atoms with Crippen LogP contribution in [0, 0.1) is 0 Å². The zero-order valence-corrected chi connectivity index (χ0v) is 12.5. The Labute approximate surface area is 124 Å². The Morgan fingerprint density at radius 1 is 1.29 bits per heavy atom. The highest BCUT2D eigenvalue weighted by Crippen LogP contribution is 2.12. The molecular formula is C13H20N2O5S. The van der Waals surface area contributed by atoms with Crippen LogP contribution in [0.5, 0.6) is 5.75 Å². The molecule has 0 saturated carbocycles. The predicted molar refractivity (Wildman–Crippen MR) is 78.7 cm³/mol. The van der Waals surface area contributed by atoms with Gasteiger partial charge >= 0.3 is 0 Å². The number of rotatable bonds is 7. The fraction of sp³-hybridized carbons (Fsp3) is 0.538. The summed E-state index contributed by atoms with van der Waals surface area (Å²) in [6.07, 6.45) is -0.230. The van der Waals surface area contributed by atoms with Crippen molar-refractivity contribution in [3.8, 4) is 5.75 Å². The van der Waals surface area contributed by atoms with E-state index in [0.717, 1.165) is 0 Å². The first-order chi connectivity index (χ1) is 10.1. The van der Waals surface area contributed by atoms with E-state index in [1.807, 2.05) is 0 Å². The molecule has 7 nitrogen and oxygen atoms in total. The molecule has 1 atom stereocenters. The minimum Gasteiger partial charge on any atom is -0.492 e. The average Bonchev–Trinajstić information content (AvgIpc) is 2.48. The van der Waals surface area contributed by atoms with Gasteiger partial charge in [-0.1, -0.05) is 0 Å². The maximum Gasteiger partial charge on any atom is 0.215 e. The third-order valence-corrected chi connectivity index (χ3v) is 4.23. The quantitative estimate of drug-likeness (QED) is 0.686. The number of hydrogen-bond acceptors (Lipinski definition) is 6. The van der Waals surface area contributed by atoms with Gasteiger partial charge in [-0.15, -0.1) is 0 Å². The van der Waals surface area contributed by atoms with Gasteiger partial charge in [0.2, 0.25) is 10.0 Å². The van der Waals surface area contributed by atoms with Gasteiger partial charge in [0.25, 0.3) is 0 Å². The van der Waals surface area contributed by atoms with Crippen molar-refractivity contribution >= 4 is 15.7 Å². The Morgan fingerprint density at radius 2 is 2.05 bits per heavy atom. The van der Waals surface area contributed by atoms with E-state index in [9.17, 15) is 8.42 Å². The lowest BCUT2D eigenvalue weighted by Crippen LogP contribution is -2.41. The van der Waals surface area contributed by atoms with E-state index in [1.54, 1.807) is 24.3 Å². The minimum absolute atomic E-state index is 0.0707. The maximum atomic E-state index is 11.8. The summed E-state index contributed by atoms with van der Waals surface area (Å²) in [6, 6.07) is 6.79. The van der Waals surface area contributed by atoms with Gasteiger partial charge < -0.3 is 19.9 Å². The highest BCUT2D eigenvalue weighted by molar-refractivity contribution is 7.89. The minimum atomic E-state index is -3.39. The molecule has 0 radical (unpaired) electrons. The van der Waals surface area contributed by atoms with Gasteiger partial charge in [-0.3, -0.25) is 0 Å². The van der Waals surface area contributed by atoms with Gasteiger partial charge in [-0.25, -0.2) is 13.1 Å². The Bertz CT molecular complexity index is 526. The summed E-state index contributed by atoms with van der Waals surface area (Å²) in [5, 5.41) is 0. The molecule has 1 unspecified atom stereocenters. The van der Waals surface area contributed by atoms with Crippen LogP contribution >= 0.6 is 0 Å². The monoisotopic (exact) mass is 316 g/mol. The molecule has 1 aliphatic heterocycles. The Kier molecular flexibility index (Phi) is 5.80. The summed E-state index contributed by atoms with van der Waals surface area (Å²) < 4.78 is 42.0. The van der Waals surface area contributed by atoms with E-state index in [1.165, 1.54) is 0 Å². The SMILES string of the molecule is Nc1ccc(OCCS(=O)(=O)NCC2COCCO2)cc1. The molecule has 21 heavy (non-hydrogen) atoms. The van der Waals surface area contributed by atoms with E-state index >= 15 is 0 Å². The van der Waals surface area contributed by atoms with Crippen LogP contribution in [0.3, 0.4) is 0 Å². The van der Waals surface area contributed by atoms with E-state index < -0.39 is 10.0 Å². The number of sulfonamides is 1. The largest absolute Gasteiger partial charge is 0.492 e. The zero-order chi connectivity index (χ0) is 15.1. The molecule has 0 amide bonds. The van der Waals surface area contributed by atoms with Crippen LogP contribution in [0.1, 0.15) is 0 Å². The lowest BCUT2D eigenvalue weighted by molar-refractivity contribution is -0.0846. The molecule has 3 N–H and O–H groups in total. The highest BCUT2D eigenvalue weighted by atomic mass is 32.2. The van der Waals surface area contributed by atoms with Crippen molar-refractivity contribution in [1.29, 1.82) is 0 Å². The topological polar surface area (TPSA) is 99.9 Å². The lowest BCUT2D eigenvalue weighted by atomic mass is 10.3. The van der Waals surface area contributed by atoms with Gasteiger partial charge in [0.05, 0.1) is 31.7 Å². The molecule has 0 aliphatic carbocycles. The van der Waals surface area contributed by atoms with Crippen LogP contribution in [0.15, 0.2) is 24.3 Å². The number of benzene rings is 1. The standard InChI is InChI=1S/C13H20N2O5S/c14-11-1-3-12(4-2-11)20-7-8-21(16,17)15-9-13-10-18-5-6-19-13/h1-4,13,15H,5-10,14H2. The first-order valence-electron chi connectivity index (χ1n) is 6.70. The maximum absolute atomic E-state index is 11.8. The number of ether oxygens (including phenoxy) is 3. The zero-order valence-electron chi connectivity index (χ0n) is 11.7. The molecule has 1 fully saturated rings. The molecule has 0 spiro atoms. The predicted octanol–water partition coefficient (Wildman–Crippen LogP) is -0.0176. The molecule has 1 aromatic rings. The second kappa shape index (κ2) is 7.60. The molecule has 1 aromatic carbocycles. The number of nitrogen functional groups attached to an aromatic ring is 1. The van der Waals surface area contributed by atoms with Crippen LogP contribution in [0.2, 0.25) is 0 Å². The summed E-state index contributed by atoms with van der Waals surface area (Å²) in [4.78, 5) is 0. The van der Waals surface area contributed by atoms with E-state index in [-0.39, 0.29) is 25.0 Å². The molecule has 0 bridgehead atoms. The second-order valence-corrected chi connectivity index (χ2v) is 6.58. The van der Waals surface area contributed by atoms with Crippen LogP contribution in [-0.2, 0) is 19.5 Å². The number of nitrogens with two attached hydrogens (primary N) is 1.